The van der Waals surface area contributed by atoms with Gasteiger partial charge >= 0.3 is 6.18 Å². The first kappa shape index (κ1) is 32.3. The van der Waals surface area contributed by atoms with Crippen LogP contribution in [0.25, 0.3) is 5.69 Å². The predicted octanol–water partition coefficient (Wildman–Crippen LogP) is 6.82. The molecule has 0 N–H and O–H groups in total. The third-order valence-electron chi connectivity index (χ3n) is 7.91. The van der Waals surface area contributed by atoms with Crippen molar-refractivity contribution in [1.29, 1.82) is 0 Å². The Morgan fingerprint density at radius 1 is 0.911 bits per heavy atom. The summed E-state index contributed by atoms with van der Waals surface area (Å²) in [5.41, 5.74) is 2.77. The van der Waals surface area contributed by atoms with Crippen LogP contribution in [-0.2, 0) is 17.4 Å². The molecule has 1 aliphatic rings. The molecule has 1 atom stereocenters. The Bertz CT molecular complexity index is 1590. The molecule has 236 valence electrons. The fraction of sp³-hybridized carbons (Fsp3) is 0.353. The lowest BCUT2D eigenvalue weighted by Gasteiger charge is -2.40. The van der Waals surface area contributed by atoms with E-state index in [9.17, 15) is 22.8 Å². The number of halogens is 3. The number of rotatable bonds is 10. The van der Waals surface area contributed by atoms with Crippen LogP contribution in [0.5, 0.6) is 0 Å². The van der Waals surface area contributed by atoms with Crippen LogP contribution >= 0.6 is 11.8 Å². The Hall–Kier alpha value is -4.12. The molecule has 0 saturated carbocycles. The molecular weight excluding hydrogens is 599 g/mol. The Labute approximate surface area is 265 Å². The summed E-state index contributed by atoms with van der Waals surface area (Å²) >= 11 is 1.63. The summed E-state index contributed by atoms with van der Waals surface area (Å²) in [6, 6.07) is 22.5. The maximum absolute atomic E-state index is 13.0. The zero-order valence-corrected chi connectivity index (χ0v) is 26.2. The SMILES string of the molecule is Cc1ccc(-n2c(Cc3ccccc3)nnc2SCCCCC(=O)N2CCN(C(=O)c3ccc(C(F)(F)F)cc3)C(C)C2)cc1. The van der Waals surface area contributed by atoms with Crippen molar-refractivity contribution >= 4 is 23.6 Å². The van der Waals surface area contributed by atoms with Crippen LogP contribution in [0.2, 0.25) is 0 Å². The fourth-order valence-corrected chi connectivity index (χ4v) is 6.36. The lowest BCUT2D eigenvalue weighted by atomic mass is 10.1. The molecule has 2 amide bonds. The van der Waals surface area contributed by atoms with Gasteiger partial charge in [-0.3, -0.25) is 14.2 Å². The minimum Gasteiger partial charge on any atom is -0.339 e. The van der Waals surface area contributed by atoms with Crippen molar-refractivity contribution in [2.24, 2.45) is 0 Å². The number of hydrogen-bond acceptors (Lipinski definition) is 5. The van der Waals surface area contributed by atoms with E-state index in [2.05, 4.69) is 58.1 Å². The van der Waals surface area contributed by atoms with Gasteiger partial charge in [0.15, 0.2) is 5.16 Å². The third-order valence-corrected chi connectivity index (χ3v) is 8.93. The highest BCUT2D eigenvalue weighted by Crippen LogP contribution is 2.30. The van der Waals surface area contributed by atoms with Crippen molar-refractivity contribution in [3.8, 4) is 5.69 Å². The molecule has 5 rings (SSSR count). The molecule has 1 aromatic heterocycles. The molecule has 1 aliphatic heterocycles. The van der Waals surface area contributed by atoms with Crippen LogP contribution in [-0.4, -0.2) is 67.8 Å². The molecule has 0 radical (unpaired) electrons. The van der Waals surface area contributed by atoms with E-state index in [4.69, 9.17) is 0 Å². The number of nitrogens with zero attached hydrogens (tertiary/aromatic N) is 5. The second kappa shape index (κ2) is 14.3. The van der Waals surface area contributed by atoms with Crippen molar-refractivity contribution in [2.45, 2.75) is 56.9 Å². The van der Waals surface area contributed by atoms with E-state index in [-0.39, 0.29) is 23.4 Å². The number of thioether (sulfide) groups is 1. The van der Waals surface area contributed by atoms with Crippen molar-refractivity contribution in [3.05, 3.63) is 107 Å². The summed E-state index contributed by atoms with van der Waals surface area (Å²) in [4.78, 5) is 29.3. The summed E-state index contributed by atoms with van der Waals surface area (Å²) in [5.74, 6) is 1.37. The van der Waals surface area contributed by atoms with Gasteiger partial charge in [0.25, 0.3) is 5.91 Å². The summed E-state index contributed by atoms with van der Waals surface area (Å²) in [6.07, 6.45) is -1.83. The number of alkyl halides is 3. The zero-order chi connectivity index (χ0) is 32.0. The molecule has 11 heteroatoms. The molecule has 1 unspecified atom stereocenters. The lowest BCUT2D eigenvalue weighted by Crippen LogP contribution is -2.55. The van der Waals surface area contributed by atoms with Crippen LogP contribution in [0.3, 0.4) is 0 Å². The monoisotopic (exact) mass is 635 g/mol. The number of amides is 2. The Balaban J connectivity index is 1.11. The molecule has 4 aromatic rings. The van der Waals surface area contributed by atoms with Crippen LogP contribution in [0.15, 0.2) is 84.0 Å². The molecular formula is C34H36F3N5O2S. The normalized spacial score (nSPS) is 15.4. The predicted molar refractivity (Wildman–Crippen MR) is 168 cm³/mol. The average Bonchev–Trinajstić information content (AvgIpc) is 3.42. The second-order valence-electron chi connectivity index (χ2n) is 11.3. The Morgan fingerprint density at radius 3 is 2.29 bits per heavy atom. The van der Waals surface area contributed by atoms with Gasteiger partial charge in [0, 0.05) is 55.5 Å². The van der Waals surface area contributed by atoms with E-state index in [1.165, 1.54) is 17.7 Å². The number of unbranched alkanes of at least 4 members (excludes halogenated alkanes) is 1. The molecule has 7 nitrogen and oxygen atoms in total. The molecule has 1 fully saturated rings. The van der Waals surface area contributed by atoms with Crippen molar-refractivity contribution in [1.82, 2.24) is 24.6 Å². The highest BCUT2D eigenvalue weighted by Gasteiger charge is 2.32. The van der Waals surface area contributed by atoms with Gasteiger partial charge in [-0.2, -0.15) is 13.2 Å². The van der Waals surface area contributed by atoms with E-state index in [1.807, 2.05) is 25.1 Å². The van der Waals surface area contributed by atoms with E-state index in [0.29, 0.717) is 32.5 Å². The standard InChI is InChI=1S/C34H36F3N5O2S/c1-24-11-17-29(18-12-24)42-30(22-26-8-4-3-5-9-26)38-39-33(42)45-21-7-6-10-31(43)40-19-20-41(25(2)23-40)32(44)27-13-15-28(16-14-27)34(35,36)37/h3-5,8-9,11-18,25H,6-7,10,19-23H2,1-2H3. The number of aromatic nitrogens is 3. The maximum Gasteiger partial charge on any atom is 0.416 e. The number of aryl methyl sites for hydroxylation is 1. The van der Waals surface area contributed by atoms with E-state index in [0.717, 1.165) is 53.0 Å². The van der Waals surface area contributed by atoms with Crippen molar-refractivity contribution in [2.75, 3.05) is 25.4 Å². The van der Waals surface area contributed by atoms with Gasteiger partial charge in [-0.15, -0.1) is 10.2 Å². The fourth-order valence-electron chi connectivity index (χ4n) is 5.39. The summed E-state index contributed by atoms with van der Waals surface area (Å²) in [6.45, 7) is 5.04. The van der Waals surface area contributed by atoms with Gasteiger partial charge in [0.05, 0.1) is 5.56 Å². The van der Waals surface area contributed by atoms with Gasteiger partial charge in [0.2, 0.25) is 5.91 Å². The maximum atomic E-state index is 13.0. The molecule has 0 spiro atoms. The first-order chi connectivity index (χ1) is 21.6. The van der Waals surface area contributed by atoms with E-state index in [1.54, 1.807) is 21.6 Å². The van der Waals surface area contributed by atoms with Crippen LogP contribution < -0.4 is 0 Å². The molecule has 1 saturated heterocycles. The van der Waals surface area contributed by atoms with E-state index < -0.39 is 11.7 Å². The lowest BCUT2D eigenvalue weighted by molar-refractivity contribution is -0.137. The average molecular weight is 636 g/mol. The zero-order valence-electron chi connectivity index (χ0n) is 25.3. The summed E-state index contributed by atoms with van der Waals surface area (Å²) < 4.78 is 40.8. The quantitative estimate of drug-likeness (QED) is 0.141. The largest absolute Gasteiger partial charge is 0.416 e. The summed E-state index contributed by atoms with van der Waals surface area (Å²) in [5, 5.41) is 9.84. The minimum absolute atomic E-state index is 0.0430. The van der Waals surface area contributed by atoms with Crippen LogP contribution in [0, 0.1) is 6.92 Å². The van der Waals surface area contributed by atoms with Crippen molar-refractivity contribution < 1.29 is 22.8 Å². The van der Waals surface area contributed by atoms with Crippen LogP contribution in [0.1, 0.15) is 59.1 Å². The number of hydrogen-bond donors (Lipinski definition) is 0. The number of carbonyl (C=O) groups excluding carboxylic acids is 2. The molecule has 0 aliphatic carbocycles. The number of piperazine rings is 1. The minimum atomic E-state index is -4.45. The molecule has 3 aromatic carbocycles. The van der Waals surface area contributed by atoms with Gasteiger partial charge in [0.1, 0.15) is 5.82 Å². The first-order valence-electron chi connectivity index (χ1n) is 15.0. The number of benzene rings is 3. The Morgan fingerprint density at radius 2 is 1.62 bits per heavy atom. The first-order valence-corrected chi connectivity index (χ1v) is 16.0. The second-order valence-corrected chi connectivity index (χ2v) is 12.4. The third kappa shape index (κ3) is 8.13. The number of carbonyl (C=O) groups is 2. The molecule has 45 heavy (non-hydrogen) atoms. The van der Waals surface area contributed by atoms with Gasteiger partial charge in [-0.05, 0) is 68.7 Å². The van der Waals surface area contributed by atoms with Gasteiger partial charge < -0.3 is 9.80 Å². The van der Waals surface area contributed by atoms with Gasteiger partial charge in [-0.1, -0.05) is 59.8 Å². The summed E-state index contributed by atoms with van der Waals surface area (Å²) in [7, 11) is 0. The van der Waals surface area contributed by atoms with E-state index >= 15 is 0 Å². The smallest absolute Gasteiger partial charge is 0.339 e. The van der Waals surface area contributed by atoms with Crippen LogP contribution in [0.4, 0.5) is 13.2 Å². The molecule has 2 heterocycles. The van der Waals surface area contributed by atoms with Gasteiger partial charge in [-0.25, -0.2) is 0 Å². The topological polar surface area (TPSA) is 71.3 Å². The van der Waals surface area contributed by atoms with Crippen molar-refractivity contribution in [3.63, 3.8) is 0 Å². The Kier molecular flexibility index (Phi) is 10.3. The molecule has 0 bridgehead atoms. The highest BCUT2D eigenvalue weighted by molar-refractivity contribution is 7.99. The highest BCUT2D eigenvalue weighted by atomic mass is 32.2.